The Balaban J connectivity index is 1.89. The number of likely N-dealkylation sites (tertiary alicyclic amines) is 1. The maximum Gasteiger partial charge on any atom is 0.259 e. The number of carbonyl (C=O) groups is 2. The molecule has 0 N–H and O–H groups in total. The van der Waals surface area contributed by atoms with Gasteiger partial charge in [-0.15, -0.1) is 0 Å². The first-order valence-corrected chi connectivity index (χ1v) is 8.50. The predicted octanol–water partition coefficient (Wildman–Crippen LogP) is 2.93. The lowest BCUT2D eigenvalue weighted by Crippen LogP contribution is -2.42. The molecule has 136 valence electrons. The van der Waals surface area contributed by atoms with Crippen molar-refractivity contribution in [1.82, 2.24) is 4.90 Å². The van der Waals surface area contributed by atoms with Crippen molar-refractivity contribution >= 4 is 17.5 Å². The minimum Gasteiger partial charge on any atom is -0.497 e. The minimum atomic E-state index is -0.169. The van der Waals surface area contributed by atoms with E-state index < -0.39 is 0 Å². The van der Waals surface area contributed by atoms with E-state index in [2.05, 4.69) is 0 Å². The fourth-order valence-electron chi connectivity index (χ4n) is 2.94. The summed E-state index contributed by atoms with van der Waals surface area (Å²) in [6.07, 6.45) is 1.36. The summed E-state index contributed by atoms with van der Waals surface area (Å²) in [5.74, 6) is 1.30. The Labute approximate surface area is 152 Å². The monoisotopic (exact) mass is 354 g/mol. The third-order valence-electron chi connectivity index (χ3n) is 4.45. The first kappa shape index (κ1) is 17.8. The van der Waals surface area contributed by atoms with Gasteiger partial charge in [0.2, 0.25) is 5.91 Å². The summed E-state index contributed by atoms with van der Waals surface area (Å²) in [5.41, 5.74) is 1.25. The van der Waals surface area contributed by atoms with Gasteiger partial charge < -0.3 is 14.4 Å². The van der Waals surface area contributed by atoms with Crippen molar-refractivity contribution in [2.45, 2.75) is 12.8 Å². The van der Waals surface area contributed by atoms with E-state index in [0.717, 1.165) is 6.42 Å². The first-order chi connectivity index (χ1) is 12.6. The van der Waals surface area contributed by atoms with Gasteiger partial charge in [0.05, 0.1) is 14.2 Å². The van der Waals surface area contributed by atoms with Crippen LogP contribution in [0, 0.1) is 0 Å². The SMILES string of the molecule is COc1ccc(C(=O)N(CN2CCCC2=O)c2ccc(OC)cc2)cc1. The van der Waals surface area contributed by atoms with Gasteiger partial charge in [0.1, 0.15) is 18.2 Å². The summed E-state index contributed by atoms with van der Waals surface area (Å²) >= 11 is 0. The molecule has 3 rings (SSSR count). The highest BCUT2D eigenvalue weighted by Crippen LogP contribution is 2.23. The highest BCUT2D eigenvalue weighted by Gasteiger charge is 2.26. The van der Waals surface area contributed by atoms with Gasteiger partial charge in [-0.1, -0.05) is 0 Å². The Hall–Kier alpha value is -3.02. The van der Waals surface area contributed by atoms with E-state index in [0.29, 0.717) is 35.7 Å². The van der Waals surface area contributed by atoms with Crippen molar-refractivity contribution in [3.05, 3.63) is 54.1 Å². The molecule has 6 nitrogen and oxygen atoms in total. The molecule has 1 aliphatic rings. The summed E-state index contributed by atoms with van der Waals surface area (Å²) < 4.78 is 10.3. The first-order valence-electron chi connectivity index (χ1n) is 8.50. The van der Waals surface area contributed by atoms with Gasteiger partial charge in [-0.25, -0.2) is 0 Å². The van der Waals surface area contributed by atoms with Gasteiger partial charge in [-0.3, -0.25) is 14.5 Å². The molecule has 0 radical (unpaired) electrons. The second-order valence-corrected chi connectivity index (χ2v) is 6.06. The van der Waals surface area contributed by atoms with E-state index in [9.17, 15) is 9.59 Å². The number of ether oxygens (including phenoxy) is 2. The Bertz CT molecular complexity index is 771. The van der Waals surface area contributed by atoms with Crippen LogP contribution in [0.3, 0.4) is 0 Å². The lowest BCUT2D eigenvalue weighted by atomic mass is 10.1. The van der Waals surface area contributed by atoms with Crippen LogP contribution in [-0.2, 0) is 4.79 Å². The second-order valence-electron chi connectivity index (χ2n) is 6.06. The second kappa shape index (κ2) is 7.91. The zero-order chi connectivity index (χ0) is 18.5. The predicted molar refractivity (Wildman–Crippen MR) is 98.6 cm³/mol. The molecule has 1 aliphatic heterocycles. The van der Waals surface area contributed by atoms with Crippen molar-refractivity contribution in [2.75, 3.05) is 32.3 Å². The number of methoxy groups -OCH3 is 2. The minimum absolute atomic E-state index is 0.0750. The molecule has 0 spiro atoms. The summed E-state index contributed by atoms with van der Waals surface area (Å²) in [5, 5.41) is 0. The van der Waals surface area contributed by atoms with Crippen LogP contribution in [0.15, 0.2) is 48.5 Å². The average molecular weight is 354 g/mol. The van der Waals surface area contributed by atoms with Crippen molar-refractivity contribution in [2.24, 2.45) is 0 Å². The average Bonchev–Trinajstić information content (AvgIpc) is 3.10. The molecule has 0 atom stereocenters. The van der Waals surface area contributed by atoms with E-state index in [4.69, 9.17) is 9.47 Å². The van der Waals surface area contributed by atoms with Crippen molar-refractivity contribution < 1.29 is 19.1 Å². The Morgan fingerprint density at radius 3 is 2.08 bits per heavy atom. The van der Waals surface area contributed by atoms with E-state index in [1.165, 1.54) is 0 Å². The van der Waals surface area contributed by atoms with Crippen LogP contribution < -0.4 is 14.4 Å². The number of hydrogen-bond donors (Lipinski definition) is 0. The Kier molecular flexibility index (Phi) is 5.41. The molecule has 2 aromatic carbocycles. The molecule has 0 aliphatic carbocycles. The van der Waals surface area contributed by atoms with Crippen LogP contribution in [0.4, 0.5) is 5.69 Å². The molecule has 1 heterocycles. The number of rotatable bonds is 6. The van der Waals surface area contributed by atoms with Crippen molar-refractivity contribution in [1.29, 1.82) is 0 Å². The molecule has 26 heavy (non-hydrogen) atoms. The van der Waals surface area contributed by atoms with Crippen LogP contribution in [0.1, 0.15) is 23.2 Å². The Morgan fingerprint density at radius 1 is 1.00 bits per heavy atom. The lowest BCUT2D eigenvalue weighted by Gasteiger charge is -2.28. The van der Waals surface area contributed by atoms with E-state index in [1.54, 1.807) is 60.4 Å². The highest BCUT2D eigenvalue weighted by atomic mass is 16.5. The van der Waals surface area contributed by atoms with Crippen LogP contribution in [0.25, 0.3) is 0 Å². The third-order valence-corrected chi connectivity index (χ3v) is 4.45. The van der Waals surface area contributed by atoms with E-state index in [1.807, 2.05) is 12.1 Å². The Morgan fingerprint density at radius 2 is 1.58 bits per heavy atom. The zero-order valence-electron chi connectivity index (χ0n) is 15.0. The number of benzene rings is 2. The largest absolute Gasteiger partial charge is 0.497 e. The number of amides is 2. The third kappa shape index (κ3) is 3.79. The molecule has 0 bridgehead atoms. The summed E-state index contributed by atoms with van der Waals surface area (Å²) in [7, 11) is 3.18. The fraction of sp³-hybridized carbons (Fsp3) is 0.300. The number of anilines is 1. The van der Waals surface area contributed by atoms with Gasteiger partial charge in [0.25, 0.3) is 5.91 Å². The molecule has 0 unspecified atom stereocenters. The standard InChI is InChI=1S/C20H22N2O4/c1-25-17-9-5-15(6-10-17)20(24)22(14-21-13-3-4-19(21)23)16-7-11-18(26-2)12-8-16/h5-12H,3-4,13-14H2,1-2H3. The maximum atomic E-state index is 13.1. The molecule has 2 amide bonds. The van der Waals surface area contributed by atoms with Crippen LogP contribution in [0.5, 0.6) is 11.5 Å². The molecular weight excluding hydrogens is 332 g/mol. The van der Waals surface area contributed by atoms with Gasteiger partial charge in [0.15, 0.2) is 0 Å². The summed E-state index contributed by atoms with van der Waals surface area (Å²) in [4.78, 5) is 28.5. The summed E-state index contributed by atoms with van der Waals surface area (Å²) in [6.45, 7) is 0.900. The quantitative estimate of drug-likeness (QED) is 0.800. The molecule has 0 aromatic heterocycles. The lowest BCUT2D eigenvalue weighted by molar-refractivity contribution is -0.127. The van der Waals surface area contributed by atoms with Crippen LogP contribution >= 0.6 is 0 Å². The van der Waals surface area contributed by atoms with Gasteiger partial charge in [-0.2, -0.15) is 0 Å². The zero-order valence-corrected chi connectivity index (χ0v) is 15.0. The number of nitrogens with zero attached hydrogens (tertiary/aromatic N) is 2. The number of carbonyl (C=O) groups excluding carboxylic acids is 2. The molecule has 1 saturated heterocycles. The van der Waals surface area contributed by atoms with Crippen LogP contribution in [0.2, 0.25) is 0 Å². The van der Waals surface area contributed by atoms with Crippen LogP contribution in [-0.4, -0.2) is 44.1 Å². The fourth-order valence-corrected chi connectivity index (χ4v) is 2.94. The van der Waals surface area contributed by atoms with E-state index in [-0.39, 0.29) is 18.5 Å². The highest BCUT2D eigenvalue weighted by molar-refractivity contribution is 6.06. The van der Waals surface area contributed by atoms with E-state index >= 15 is 0 Å². The number of hydrogen-bond acceptors (Lipinski definition) is 4. The topological polar surface area (TPSA) is 59.1 Å². The normalized spacial score (nSPS) is 13.6. The molecule has 2 aromatic rings. The van der Waals surface area contributed by atoms with Gasteiger partial charge >= 0.3 is 0 Å². The van der Waals surface area contributed by atoms with Gasteiger partial charge in [0, 0.05) is 24.2 Å². The van der Waals surface area contributed by atoms with Crippen molar-refractivity contribution in [3.8, 4) is 11.5 Å². The van der Waals surface area contributed by atoms with Crippen molar-refractivity contribution in [3.63, 3.8) is 0 Å². The smallest absolute Gasteiger partial charge is 0.259 e. The molecule has 1 fully saturated rings. The van der Waals surface area contributed by atoms with Gasteiger partial charge in [-0.05, 0) is 55.0 Å². The molecule has 0 saturated carbocycles. The maximum absolute atomic E-state index is 13.1. The molecular formula is C20H22N2O4. The molecule has 6 heteroatoms. The summed E-state index contributed by atoms with van der Waals surface area (Å²) in [6, 6.07) is 14.2.